The van der Waals surface area contributed by atoms with Crippen molar-refractivity contribution in [1.82, 2.24) is 0 Å². The molecular weight excluding hydrogens is 288 g/mol. The molecule has 0 fully saturated rings. The van der Waals surface area contributed by atoms with Crippen molar-refractivity contribution >= 4 is 8.32 Å². The van der Waals surface area contributed by atoms with Crippen LogP contribution in [-0.4, -0.2) is 25.6 Å². The predicted octanol–water partition coefficient (Wildman–Crippen LogP) is 5.45. The average molecular weight is 325 g/mol. The molecule has 2 nitrogen and oxygen atoms in total. The van der Waals surface area contributed by atoms with Gasteiger partial charge in [0.25, 0.3) is 0 Å². The minimum Gasteiger partial charge on any atom is -0.411 e. The number of hydrogen-bond donors (Lipinski definition) is 1. The van der Waals surface area contributed by atoms with Crippen LogP contribution in [0.3, 0.4) is 0 Å². The van der Waals surface area contributed by atoms with Crippen molar-refractivity contribution in [2.24, 2.45) is 5.92 Å². The van der Waals surface area contributed by atoms with Crippen molar-refractivity contribution in [1.29, 1.82) is 0 Å². The summed E-state index contributed by atoms with van der Waals surface area (Å²) in [5.41, 5.74) is 0. The fraction of sp³-hybridized carbons (Fsp3) is 0.789. The van der Waals surface area contributed by atoms with Crippen LogP contribution in [-0.2, 0) is 4.43 Å². The third kappa shape index (κ3) is 6.39. The second kappa shape index (κ2) is 8.46. The number of hydrogen-bond acceptors (Lipinski definition) is 2. The van der Waals surface area contributed by atoms with E-state index in [1.165, 1.54) is 19.3 Å². The number of aliphatic hydroxyl groups excluding tert-OH is 1. The zero-order valence-electron chi connectivity index (χ0n) is 15.4. The van der Waals surface area contributed by atoms with Crippen LogP contribution in [0.2, 0.25) is 18.1 Å². The third-order valence-electron chi connectivity index (χ3n) is 5.01. The van der Waals surface area contributed by atoms with E-state index in [4.69, 9.17) is 4.43 Å². The highest BCUT2D eigenvalue weighted by atomic mass is 28.4. The van der Waals surface area contributed by atoms with E-state index in [2.05, 4.69) is 59.0 Å². The molecule has 0 saturated carbocycles. The maximum atomic E-state index is 9.59. The summed E-state index contributed by atoms with van der Waals surface area (Å²) in [5.74, 6) is 0.367. The van der Waals surface area contributed by atoms with Gasteiger partial charge in [0.05, 0.1) is 12.2 Å². The van der Waals surface area contributed by atoms with Crippen molar-refractivity contribution < 1.29 is 9.53 Å². The van der Waals surface area contributed by atoms with Crippen LogP contribution in [0.1, 0.15) is 59.8 Å². The summed E-state index contributed by atoms with van der Waals surface area (Å²) in [4.78, 5) is 0. The van der Waals surface area contributed by atoms with Gasteiger partial charge < -0.3 is 9.53 Å². The Labute approximate surface area is 138 Å². The molecule has 0 amide bonds. The van der Waals surface area contributed by atoms with Crippen LogP contribution in [0.4, 0.5) is 0 Å². The molecule has 0 aromatic carbocycles. The monoisotopic (exact) mass is 324 g/mol. The standard InChI is InChI=1S/C19H36O2Si/c1-7-8-9-10-18(21-22(5,6)19(2,3)4)14-12-16-11-13-17(20)15-16/h11-14,16-18,20H,7-10,15H2,1-6H3/t16-,17+,18+/m1/s1. The molecule has 0 heterocycles. The van der Waals surface area contributed by atoms with Gasteiger partial charge in [-0.2, -0.15) is 0 Å². The van der Waals surface area contributed by atoms with Crippen molar-refractivity contribution in [2.75, 3.05) is 0 Å². The molecule has 128 valence electrons. The molecule has 0 radical (unpaired) electrons. The molecular formula is C19H36O2Si. The summed E-state index contributed by atoms with van der Waals surface area (Å²) in [6, 6.07) is 0. The van der Waals surface area contributed by atoms with E-state index in [-0.39, 0.29) is 17.2 Å². The first-order valence-electron chi connectivity index (χ1n) is 8.88. The van der Waals surface area contributed by atoms with Crippen molar-refractivity contribution in [3.8, 4) is 0 Å². The molecule has 1 aliphatic carbocycles. The largest absolute Gasteiger partial charge is 0.411 e. The van der Waals surface area contributed by atoms with Crippen LogP contribution in [0.5, 0.6) is 0 Å². The molecule has 1 aliphatic rings. The molecule has 3 heteroatoms. The maximum Gasteiger partial charge on any atom is 0.192 e. The van der Waals surface area contributed by atoms with Gasteiger partial charge in [-0.1, -0.05) is 71.3 Å². The zero-order valence-corrected chi connectivity index (χ0v) is 16.4. The van der Waals surface area contributed by atoms with Crippen molar-refractivity contribution in [2.45, 2.75) is 90.1 Å². The molecule has 1 N–H and O–H groups in total. The highest BCUT2D eigenvalue weighted by molar-refractivity contribution is 6.74. The number of unbranched alkanes of at least 4 members (excludes halogenated alkanes) is 2. The lowest BCUT2D eigenvalue weighted by atomic mass is 10.1. The fourth-order valence-corrected chi connectivity index (χ4v) is 3.77. The van der Waals surface area contributed by atoms with E-state index in [0.29, 0.717) is 5.92 Å². The molecule has 0 saturated heterocycles. The Hall–Kier alpha value is -0.383. The summed E-state index contributed by atoms with van der Waals surface area (Å²) >= 11 is 0. The van der Waals surface area contributed by atoms with Crippen molar-refractivity contribution in [3.05, 3.63) is 24.3 Å². The fourth-order valence-electron chi connectivity index (χ4n) is 2.46. The van der Waals surface area contributed by atoms with Gasteiger partial charge in [0.2, 0.25) is 0 Å². The topological polar surface area (TPSA) is 29.5 Å². The first-order valence-corrected chi connectivity index (χ1v) is 11.8. The molecule has 1 rings (SSSR count). The van der Waals surface area contributed by atoms with Gasteiger partial charge in [0.1, 0.15) is 0 Å². The van der Waals surface area contributed by atoms with Crippen LogP contribution >= 0.6 is 0 Å². The second-order valence-electron chi connectivity index (χ2n) is 8.15. The van der Waals surface area contributed by atoms with E-state index in [0.717, 1.165) is 12.8 Å². The first-order chi connectivity index (χ1) is 10.2. The SMILES string of the molecule is CCCCC[C@@H](C=C[C@H]1C=C[C@H](O)C1)O[Si](C)(C)C(C)(C)C. The lowest BCUT2D eigenvalue weighted by Crippen LogP contribution is -2.43. The third-order valence-corrected chi connectivity index (χ3v) is 9.52. The van der Waals surface area contributed by atoms with Gasteiger partial charge in [0, 0.05) is 0 Å². The molecule has 0 aromatic rings. The average Bonchev–Trinajstić information content (AvgIpc) is 2.80. The first kappa shape index (κ1) is 19.7. The molecule has 0 aliphatic heterocycles. The Bertz CT molecular complexity index is 379. The Morgan fingerprint density at radius 2 is 1.95 bits per heavy atom. The predicted molar refractivity (Wildman–Crippen MR) is 98.6 cm³/mol. The van der Waals surface area contributed by atoms with Crippen molar-refractivity contribution in [3.63, 3.8) is 0 Å². The number of aliphatic hydroxyl groups is 1. The Morgan fingerprint density at radius 3 is 2.45 bits per heavy atom. The maximum absolute atomic E-state index is 9.59. The number of rotatable bonds is 8. The summed E-state index contributed by atoms with van der Waals surface area (Å²) in [7, 11) is -1.74. The summed E-state index contributed by atoms with van der Waals surface area (Å²) in [6.45, 7) is 13.8. The minimum absolute atomic E-state index is 0.221. The van der Waals surface area contributed by atoms with Crippen LogP contribution < -0.4 is 0 Å². The van der Waals surface area contributed by atoms with Crippen LogP contribution in [0.15, 0.2) is 24.3 Å². The normalized spacial score (nSPS) is 24.3. The van der Waals surface area contributed by atoms with Gasteiger partial charge >= 0.3 is 0 Å². The van der Waals surface area contributed by atoms with Gasteiger partial charge in [-0.15, -0.1) is 0 Å². The molecule has 0 bridgehead atoms. The van der Waals surface area contributed by atoms with E-state index in [1.54, 1.807) is 0 Å². The molecule has 0 spiro atoms. The number of allylic oxidation sites excluding steroid dienone is 2. The molecule has 22 heavy (non-hydrogen) atoms. The smallest absolute Gasteiger partial charge is 0.192 e. The molecule has 3 atom stereocenters. The Balaban J connectivity index is 2.67. The van der Waals surface area contributed by atoms with Gasteiger partial charge in [-0.25, -0.2) is 0 Å². The van der Waals surface area contributed by atoms with Crippen LogP contribution in [0, 0.1) is 5.92 Å². The van der Waals surface area contributed by atoms with Gasteiger partial charge in [-0.05, 0) is 36.9 Å². The quantitative estimate of drug-likeness (QED) is 0.365. The summed E-state index contributed by atoms with van der Waals surface area (Å²) in [5, 5.41) is 9.83. The van der Waals surface area contributed by atoms with Gasteiger partial charge in [0.15, 0.2) is 8.32 Å². The van der Waals surface area contributed by atoms with E-state index in [1.807, 2.05) is 6.08 Å². The summed E-state index contributed by atoms with van der Waals surface area (Å²) < 4.78 is 6.60. The Morgan fingerprint density at radius 1 is 1.27 bits per heavy atom. The van der Waals surface area contributed by atoms with Crippen LogP contribution in [0.25, 0.3) is 0 Å². The Kier molecular flexibility index (Phi) is 7.56. The van der Waals surface area contributed by atoms with E-state index < -0.39 is 8.32 Å². The highest BCUT2D eigenvalue weighted by Crippen LogP contribution is 2.38. The molecule has 0 aromatic heterocycles. The van der Waals surface area contributed by atoms with Gasteiger partial charge in [-0.3, -0.25) is 0 Å². The van der Waals surface area contributed by atoms with E-state index >= 15 is 0 Å². The van der Waals surface area contributed by atoms with E-state index in [9.17, 15) is 5.11 Å². The highest BCUT2D eigenvalue weighted by Gasteiger charge is 2.38. The summed E-state index contributed by atoms with van der Waals surface area (Å²) in [6.07, 6.45) is 14.1. The minimum atomic E-state index is -1.74. The lowest BCUT2D eigenvalue weighted by Gasteiger charge is -2.38. The lowest BCUT2D eigenvalue weighted by molar-refractivity contribution is 0.207. The zero-order chi connectivity index (χ0) is 16.8. The molecule has 0 unspecified atom stereocenters. The second-order valence-corrected chi connectivity index (χ2v) is 12.9.